The Hall–Kier alpha value is -2.79. The number of nitrogens with zero attached hydrogens (tertiary/aromatic N) is 1. The summed E-state index contributed by atoms with van der Waals surface area (Å²) >= 11 is 6.23. The fourth-order valence-corrected chi connectivity index (χ4v) is 2.56. The van der Waals surface area contributed by atoms with Gasteiger partial charge in [-0.15, -0.1) is 0 Å². The molecule has 3 aromatic rings. The number of aromatic amines is 1. The Morgan fingerprint density at radius 1 is 1.21 bits per heavy atom. The molecule has 0 saturated carbocycles. The van der Waals surface area contributed by atoms with Gasteiger partial charge >= 0.3 is 0 Å². The highest BCUT2D eigenvalue weighted by atomic mass is 35.5. The summed E-state index contributed by atoms with van der Waals surface area (Å²) in [5.74, 6) is 1.05. The molecular formula is C18H15ClN2O3. The minimum atomic E-state index is -0.136. The van der Waals surface area contributed by atoms with Gasteiger partial charge in [-0.1, -0.05) is 11.6 Å². The standard InChI is InChI=1S/C18H15ClN2O3/c1-23-16-9-12-8-11(5-6-15(22)13-4-3-7-20-13)18(19)21-14(12)10-17(16)24-2/h3-10,20H,1-2H3/b6-5+. The molecular weight excluding hydrogens is 328 g/mol. The molecule has 0 unspecified atom stereocenters. The molecule has 122 valence electrons. The number of fused-ring (bicyclic) bond motifs is 1. The smallest absolute Gasteiger partial charge is 0.201 e. The van der Waals surface area contributed by atoms with Gasteiger partial charge in [-0.05, 0) is 36.4 Å². The van der Waals surface area contributed by atoms with Gasteiger partial charge in [0.2, 0.25) is 5.78 Å². The highest BCUT2D eigenvalue weighted by Gasteiger charge is 2.10. The van der Waals surface area contributed by atoms with Crippen LogP contribution in [0, 0.1) is 0 Å². The Morgan fingerprint density at radius 2 is 1.96 bits per heavy atom. The van der Waals surface area contributed by atoms with Crippen LogP contribution in [-0.2, 0) is 0 Å². The fraction of sp³-hybridized carbons (Fsp3) is 0.111. The van der Waals surface area contributed by atoms with Gasteiger partial charge in [0, 0.05) is 23.2 Å². The Kier molecular flexibility index (Phi) is 4.53. The molecule has 0 saturated heterocycles. The summed E-state index contributed by atoms with van der Waals surface area (Å²) in [6.07, 6.45) is 4.81. The number of allylic oxidation sites excluding steroid dienone is 1. The molecule has 0 bridgehead atoms. The number of rotatable bonds is 5. The van der Waals surface area contributed by atoms with E-state index in [1.54, 1.807) is 44.7 Å². The number of hydrogen-bond donors (Lipinski definition) is 1. The monoisotopic (exact) mass is 342 g/mol. The number of hydrogen-bond acceptors (Lipinski definition) is 4. The maximum absolute atomic E-state index is 12.0. The number of aromatic nitrogens is 2. The van der Waals surface area contributed by atoms with Crippen LogP contribution in [0.4, 0.5) is 0 Å². The van der Waals surface area contributed by atoms with Crippen LogP contribution in [0.1, 0.15) is 16.1 Å². The van der Waals surface area contributed by atoms with Crippen LogP contribution in [0.2, 0.25) is 5.15 Å². The molecule has 0 spiro atoms. The molecule has 2 aromatic heterocycles. The normalized spacial score (nSPS) is 11.1. The number of benzene rings is 1. The summed E-state index contributed by atoms with van der Waals surface area (Å²) in [4.78, 5) is 19.2. The first-order valence-corrected chi connectivity index (χ1v) is 7.58. The first-order valence-electron chi connectivity index (χ1n) is 7.20. The van der Waals surface area contributed by atoms with Crippen LogP contribution < -0.4 is 9.47 Å². The Bertz CT molecular complexity index is 918. The van der Waals surface area contributed by atoms with Crippen molar-refractivity contribution in [2.24, 2.45) is 0 Å². The maximum Gasteiger partial charge on any atom is 0.201 e. The van der Waals surface area contributed by atoms with Crippen molar-refractivity contribution in [1.82, 2.24) is 9.97 Å². The number of carbonyl (C=O) groups excluding carboxylic acids is 1. The molecule has 0 amide bonds. The van der Waals surface area contributed by atoms with E-state index in [1.165, 1.54) is 6.08 Å². The number of ketones is 1. The van der Waals surface area contributed by atoms with Gasteiger partial charge < -0.3 is 14.5 Å². The van der Waals surface area contributed by atoms with Crippen LogP contribution in [0.15, 0.2) is 42.6 Å². The Balaban J connectivity index is 1.99. The maximum atomic E-state index is 12.0. The molecule has 5 nitrogen and oxygen atoms in total. The number of H-pyrrole nitrogens is 1. The van der Waals surface area contributed by atoms with Gasteiger partial charge in [0.15, 0.2) is 11.5 Å². The second-order valence-electron chi connectivity index (χ2n) is 5.05. The number of ether oxygens (including phenoxy) is 2. The van der Waals surface area contributed by atoms with Gasteiger partial charge in [0.1, 0.15) is 5.15 Å². The molecule has 2 heterocycles. The van der Waals surface area contributed by atoms with Crippen molar-refractivity contribution in [2.75, 3.05) is 14.2 Å². The van der Waals surface area contributed by atoms with Crippen LogP contribution in [0.5, 0.6) is 11.5 Å². The zero-order chi connectivity index (χ0) is 17.1. The highest BCUT2D eigenvalue weighted by Crippen LogP contribution is 2.33. The summed E-state index contributed by atoms with van der Waals surface area (Å²) in [6, 6.07) is 8.92. The van der Waals surface area contributed by atoms with Crippen LogP contribution in [0.3, 0.4) is 0 Å². The molecule has 6 heteroatoms. The van der Waals surface area contributed by atoms with E-state index in [9.17, 15) is 4.79 Å². The van der Waals surface area contributed by atoms with Gasteiger partial charge in [-0.2, -0.15) is 0 Å². The molecule has 0 aliphatic rings. The average molecular weight is 343 g/mol. The molecule has 0 aliphatic carbocycles. The van der Waals surface area contributed by atoms with E-state index in [1.807, 2.05) is 12.1 Å². The van der Waals surface area contributed by atoms with Crippen molar-refractivity contribution < 1.29 is 14.3 Å². The van der Waals surface area contributed by atoms with E-state index in [-0.39, 0.29) is 5.78 Å². The second-order valence-corrected chi connectivity index (χ2v) is 5.41. The molecule has 0 fully saturated rings. The van der Waals surface area contributed by atoms with Crippen molar-refractivity contribution in [1.29, 1.82) is 0 Å². The van der Waals surface area contributed by atoms with E-state index >= 15 is 0 Å². The topological polar surface area (TPSA) is 64.2 Å². The number of carbonyl (C=O) groups is 1. The summed E-state index contributed by atoms with van der Waals surface area (Å²) < 4.78 is 10.6. The van der Waals surface area contributed by atoms with Crippen molar-refractivity contribution in [3.63, 3.8) is 0 Å². The number of methoxy groups -OCH3 is 2. The van der Waals surface area contributed by atoms with Gasteiger partial charge in [-0.3, -0.25) is 4.79 Å². The quantitative estimate of drug-likeness (QED) is 0.430. The molecule has 0 radical (unpaired) electrons. The summed E-state index contributed by atoms with van der Waals surface area (Å²) in [6.45, 7) is 0. The summed E-state index contributed by atoms with van der Waals surface area (Å²) in [7, 11) is 3.14. The van der Waals surface area contributed by atoms with Gasteiger partial charge in [0.25, 0.3) is 0 Å². The third-order valence-electron chi connectivity index (χ3n) is 3.58. The Labute approximate surface area is 143 Å². The molecule has 1 N–H and O–H groups in total. The van der Waals surface area contributed by atoms with E-state index < -0.39 is 0 Å². The van der Waals surface area contributed by atoms with Crippen molar-refractivity contribution in [3.8, 4) is 11.5 Å². The minimum absolute atomic E-state index is 0.136. The van der Waals surface area contributed by atoms with Gasteiger partial charge in [0.05, 0.1) is 25.4 Å². The lowest BCUT2D eigenvalue weighted by molar-refractivity contribution is 0.104. The molecule has 3 rings (SSSR count). The molecule has 0 aliphatic heterocycles. The lowest BCUT2D eigenvalue weighted by Gasteiger charge is -2.09. The lowest BCUT2D eigenvalue weighted by atomic mass is 10.1. The second kappa shape index (κ2) is 6.76. The van der Waals surface area contributed by atoms with Crippen LogP contribution in [0.25, 0.3) is 17.0 Å². The number of pyridine rings is 1. The largest absolute Gasteiger partial charge is 0.493 e. The predicted octanol–water partition coefficient (Wildman–Crippen LogP) is 4.13. The molecule has 1 aromatic carbocycles. The van der Waals surface area contributed by atoms with Crippen LogP contribution in [-0.4, -0.2) is 30.0 Å². The third-order valence-corrected chi connectivity index (χ3v) is 3.88. The minimum Gasteiger partial charge on any atom is -0.493 e. The van der Waals surface area contributed by atoms with E-state index in [4.69, 9.17) is 21.1 Å². The SMILES string of the molecule is COc1cc2cc(/C=C/C(=O)c3ccc[nH]3)c(Cl)nc2cc1OC. The first-order chi connectivity index (χ1) is 11.6. The van der Waals surface area contributed by atoms with E-state index in [2.05, 4.69) is 9.97 Å². The number of halogens is 1. The zero-order valence-electron chi connectivity index (χ0n) is 13.2. The average Bonchev–Trinajstić information content (AvgIpc) is 3.13. The summed E-state index contributed by atoms with van der Waals surface area (Å²) in [5, 5.41) is 1.15. The van der Waals surface area contributed by atoms with Crippen molar-refractivity contribution in [3.05, 3.63) is 59.0 Å². The van der Waals surface area contributed by atoms with E-state index in [0.29, 0.717) is 33.4 Å². The van der Waals surface area contributed by atoms with Crippen molar-refractivity contribution in [2.45, 2.75) is 0 Å². The summed E-state index contributed by atoms with van der Waals surface area (Å²) in [5.41, 5.74) is 1.85. The zero-order valence-corrected chi connectivity index (χ0v) is 13.9. The van der Waals surface area contributed by atoms with Crippen LogP contribution >= 0.6 is 11.6 Å². The first kappa shape index (κ1) is 16.1. The van der Waals surface area contributed by atoms with E-state index in [0.717, 1.165) is 5.39 Å². The molecule has 24 heavy (non-hydrogen) atoms. The van der Waals surface area contributed by atoms with Crippen molar-refractivity contribution >= 4 is 34.4 Å². The molecule has 0 atom stereocenters. The predicted molar refractivity (Wildman–Crippen MR) is 94.0 cm³/mol. The third kappa shape index (κ3) is 3.12. The fourth-order valence-electron chi connectivity index (χ4n) is 2.35. The highest BCUT2D eigenvalue weighted by molar-refractivity contribution is 6.31. The van der Waals surface area contributed by atoms with Gasteiger partial charge in [-0.25, -0.2) is 4.98 Å². The Morgan fingerprint density at radius 3 is 2.62 bits per heavy atom. The lowest BCUT2D eigenvalue weighted by Crippen LogP contribution is -1.94. The number of nitrogens with one attached hydrogen (secondary N) is 1.